The molecule has 0 aliphatic carbocycles. The monoisotopic (exact) mass is 382 g/mol. The third-order valence-corrected chi connectivity index (χ3v) is 4.33. The highest BCUT2D eigenvalue weighted by Gasteiger charge is 2.16. The summed E-state index contributed by atoms with van der Waals surface area (Å²) in [7, 11) is 0. The molecule has 0 aliphatic rings. The zero-order valence-electron chi connectivity index (χ0n) is 16.7. The van der Waals surface area contributed by atoms with E-state index in [4.69, 9.17) is 4.74 Å². The molecule has 6 nitrogen and oxygen atoms in total. The van der Waals surface area contributed by atoms with Crippen molar-refractivity contribution in [1.29, 1.82) is 0 Å². The number of hydrogen-bond donors (Lipinski definition) is 2. The summed E-state index contributed by atoms with van der Waals surface area (Å²) in [5.41, 5.74) is 4.86. The summed E-state index contributed by atoms with van der Waals surface area (Å²) in [6, 6.07) is 11.3. The molecule has 148 valence electrons. The van der Waals surface area contributed by atoms with E-state index in [1.807, 2.05) is 64.1 Å². The van der Waals surface area contributed by atoms with Crippen LogP contribution in [0.2, 0.25) is 0 Å². The van der Waals surface area contributed by atoms with Crippen molar-refractivity contribution < 1.29 is 19.1 Å². The van der Waals surface area contributed by atoms with E-state index in [1.165, 1.54) is 0 Å². The third-order valence-electron chi connectivity index (χ3n) is 4.33. The number of ether oxygens (including phenoxy) is 1. The van der Waals surface area contributed by atoms with Gasteiger partial charge < -0.3 is 15.4 Å². The largest absolute Gasteiger partial charge is 0.452 e. The number of amides is 2. The molecule has 0 heterocycles. The molecule has 0 saturated heterocycles. The topological polar surface area (TPSA) is 84.5 Å². The average molecular weight is 382 g/mol. The number of esters is 1. The Kier molecular flexibility index (Phi) is 7.32. The number of carbonyl (C=O) groups excluding carboxylic acids is 3. The Morgan fingerprint density at radius 2 is 1.61 bits per heavy atom. The summed E-state index contributed by atoms with van der Waals surface area (Å²) in [6.07, 6.45) is 0.788. The lowest BCUT2D eigenvalue weighted by molar-refractivity contribution is -0.126. The molecule has 0 atom stereocenters. The van der Waals surface area contributed by atoms with Crippen LogP contribution in [-0.4, -0.2) is 30.9 Å². The second-order valence-electron chi connectivity index (χ2n) is 6.69. The SMILES string of the molecule is CCc1ccccc1NC(=O)CNC(=O)COC(=O)c1c(C)cc(C)cc1C. The van der Waals surface area contributed by atoms with Crippen molar-refractivity contribution in [3.8, 4) is 0 Å². The molecule has 2 rings (SSSR count). The first-order chi connectivity index (χ1) is 13.3. The van der Waals surface area contributed by atoms with Crippen LogP contribution in [0.25, 0.3) is 0 Å². The Morgan fingerprint density at radius 3 is 2.25 bits per heavy atom. The molecule has 0 bridgehead atoms. The van der Waals surface area contributed by atoms with Crippen molar-refractivity contribution in [1.82, 2.24) is 5.32 Å². The van der Waals surface area contributed by atoms with Gasteiger partial charge in [0.1, 0.15) is 0 Å². The van der Waals surface area contributed by atoms with Gasteiger partial charge in [-0.2, -0.15) is 0 Å². The summed E-state index contributed by atoms with van der Waals surface area (Å²) >= 11 is 0. The molecule has 0 aromatic heterocycles. The second-order valence-corrected chi connectivity index (χ2v) is 6.69. The number of rotatable bonds is 7. The van der Waals surface area contributed by atoms with Crippen LogP contribution < -0.4 is 10.6 Å². The van der Waals surface area contributed by atoms with Gasteiger partial charge in [0.15, 0.2) is 6.61 Å². The van der Waals surface area contributed by atoms with Gasteiger partial charge in [-0.3, -0.25) is 9.59 Å². The van der Waals surface area contributed by atoms with Crippen LogP contribution in [0.3, 0.4) is 0 Å². The summed E-state index contributed by atoms with van der Waals surface area (Å²) in [6.45, 7) is 6.97. The molecule has 2 N–H and O–H groups in total. The van der Waals surface area contributed by atoms with Gasteiger partial charge in [0, 0.05) is 5.69 Å². The van der Waals surface area contributed by atoms with Gasteiger partial charge in [0.25, 0.3) is 5.91 Å². The predicted octanol–water partition coefficient (Wildman–Crippen LogP) is 3.09. The summed E-state index contributed by atoms with van der Waals surface area (Å²) in [5, 5.41) is 5.22. The van der Waals surface area contributed by atoms with Crippen LogP contribution in [0.15, 0.2) is 36.4 Å². The van der Waals surface area contributed by atoms with Gasteiger partial charge in [-0.1, -0.05) is 42.8 Å². The molecular weight excluding hydrogens is 356 g/mol. The Hall–Kier alpha value is -3.15. The smallest absolute Gasteiger partial charge is 0.339 e. The van der Waals surface area contributed by atoms with Crippen molar-refractivity contribution in [3.63, 3.8) is 0 Å². The lowest BCUT2D eigenvalue weighted by Gasteiger charge is -2.12. The van der Waals surface area contributed by atoms with Crippen LogP contribution in [0, 0.1) is 20.8 Å². The predicted molar refractivity (Wildman–Crippen MR) is 108 cm³/mol. The Bertz CT molecular complexity index is 867. The van der Waals surface area contributed by atoms with Crippen molar-refractivity contribution in [2.75, 3.05) is 18.5 Å². The van der Waals surface area contributed by atoms with Crippen LogP contribution >= 0.6 is 0 Å². The van der Waals surface area contributed by atoms with Gasteiger partial charge >= 0.3 is 5.97 Å². The number of aryl methyl sites for hydroxylation is 4. The molecule has 0 fully saturated rings. The minimum absolute atomic E-state index is 0.197. The Morgan fingerprint density at radius 1 is 0.964 bits per heavy atom. The molecule has 0 unspecified atom stereocenters. The van der Waals surface area contributed by atoms with E-state index >= 15 is 0 Å². The quantitative estimate of drug-likeness (QED) is 0.721. The minimum atomic E-state index is -0.550. The number of nitrogens with one attached hydrogen (secondary N) is 2. The van der Waals surface area contributed by atoms with Gasteiger partial charge in [0.05, 0.1) is 12.1 Å². The number of anilines is 1. The standard InChI is InChI=1S/C22H26N2O4/c1-5-17-8-6-7-9-18(17)24-19(25)12-23-20(26)13-28-22(27)21-15(3)10-14(2)11-16(21)4/h6-11H,5,12-13H2,1-4H3,(H,23,26)(H,24,25). The molecule has 0 spiro atoms. The van der Waals surface area contributed by atoms with E-state index in [2.05, 4.69) is 10.6 Å². The highest BCUT2D eigenvalue weighted by atomic mass is 16.5. The molecule has 28 heavy (non-hydrogen) atoms. The van der Waals surface area contributed by atoms with E-state index < -0.39 is 18.5 Å². The van der Waals surface area contributed by atoms with Gasteiger partial charge in [-0.25, -0.2) is 4.79 Å². The minimum Gasteiger partial charge on any atom is -0.452 e. The first-order valence-corrected chi connectivity index (χ1v) is 9.21. The van der Waals surface area contributed by atoms with Crippen molar-refractivity contribution in [3.05, 3.63) is 64.2 Å². The van der Waals surface area contributed by atoms with Crippen LogP contribution in [0.4, 0.5) is 5.69 Å². The molecule has 2 aromatic carbocycles. The maximum atomic E-state index is 12.3. The maximum absolute atomic E-state index is 12.3. The highest BCUT2D eigenvalue weighted by Crippen LogP contribution is 2.17. The van der Waals surface area contributed by atoms with E-state index in [0.717, 1.165) is 34.4 Å². The average Bonchev–Trinajstić information content (AvgIpc) is 2.64. The number of benzene rings is 2. The summed E-state index contributed by atoms with van der Waals surface area (Å²) in [4.78, 5) is 36.2. The zero-order chi connectivity index (χ0) is 20.7. The van der Waals surface area contributed by atoms with Crippen LogP contribution in [0.5, 0.6) is 0 Å². The molecule has 0 aliphatic heterocycles. The fourth-order valence-corrected chi connectivity index (χ4v) is 3.08. The molecule has 2 aromatic rings. The summed E-state index contributed by atoms with van der Waals surface area (Å²) in [5.74, 6) is -1.42. The van der Waals surface area contributed by atoms with Crippen molar-refractivity contribution >= 4 is 23.5 Å². The number of hydrogen-bond acceptors (Lipinski definition) is 4. The lowest BCUT2D eigenvalue weighted by Crippen LogP contribution is -2.35. The Balaban J connectivity index is 1.83. The normalized spacial score (nSPS) is 10.3. The maximum Gasteiger partial charge on any atom is 0.339 e. The second kappa shape index (κ2) is 9.69. The van der Waals surface area contributed by atoms with Crippen molar-refractivity contribution in [2.45, 2.75) is 34.1 Å². The zero-order valence-corrected chi connectivity index (χ0v) is 16.7. The number of carbonyl (C=O) groups is 3. The van der Waals surface area contributed by atoms with E-state index in [-0.39, 0.29) is 12.5 Å². The molecule has 2 amide bonds. The van der Waals surface area contributed by atoms with Crippen LogP contribution in [-0.2, 0) is 20.7 Å². The fourth-order valence-electron chi connectivity index (χ4n) is 3.08. The van der Waals surface area contributed by atoms with Gasteiger partial charge in [-0.15, -0.1) is 0 Å². The highest BCUT2D eigenvalue weighted by molar-refractivity contribution is 5.96. The van der Waals surface area contributed by atoms with Gasteiger partial charge in [-0.05, 0) is 49.9 Å². The first kappa shape index (κ1) is 21.2. The first-order valence-electron chi connectivity index (χ1n) is 9.21. The third kappa shape index (κ3) is 5.67. The lowest BCUT2D eigenvalue weighted by atomic mass is 10.00. The fraction of sp³-hybridized carbons (Fsp3) is 0.318. The molecule has 0 radical (unpaired) electrons. The van der Waals surface area contributed by atoms with Gasteiger partial charge in [0.2, 0.25) is 5.91 Å². The Labute approximate surface area is 165 Å². The van der Waals surface area contributed by atoms with E-state index in [9.17, 15) is 14.4 Å². The molecule has 0 saturated carbocycles. The van der Waals surface area contributed by atoms with E-state index in [0.29, 0.717) is 5.56 Å². The number of para-hydroxylation sites is 1. The van der Waals surface area contributed by atoms with Crippen molar-refractivity contribution in [2.24, 2.45) is 0 Å². The molecular formula is C22H26N2O4. The summed E-state index contributed by atoms with van der Waals surface area (Å²) < 4.78 is 5.10. The van der Waals surface area contributed by atoms with Crippen LogP contribution in [0.1, 0.15) is 39.5 Å². The van der Waals surface area contributed by atoms with E-state index in [1.54, 1.807) is 0 Å². The molecule has 6 heteroatoms.